The summed E-state index contributed by atoms with van der Waals surface area (Å²) in [5.41, 5.74) is 4.07. The van der Waals surface area contributed by atoms with E-state index in [4.69, 9.17) is 4.84 Å². The number of benzene rings is 1. The lowest BCUT2D eigenvalue weighted by Gasteiger charge is -2.22. The number of aromatic nitrogens is 1. The number of hydrogen-bond acceptors (Lipinski definition) is 6. The standard InChI is InChI=1S/C19H18N4O4S/c24-19(22-12-14-28-18(22)16-8-10-20-11-9-16)21-27-13-4-3-6-15-5-1-2-7-17(15)23(25)26/h1-5,7-12,14,18H,6,13H2,(H,21,24). The van der Waals surface area contributed by atoms with Crippen LogP contribution in [0.5, 0.6) is 0 Å². The van der Waals surface area contributed by atoms with E-state index >= 15 is 0 Å². The summed E-state index contributed by atoms with van der Waals surface area (Å²) in [7, 11) is 0. The predicted molar refractivity (Wildman–Crippen MR) is 106 cm³/mol. The van der Waals surface area contributed by atoms with E-state index in [0.29, 0.717) is 12.0 Å². The highest BCUT2D eigenvalue weighted by Gasteiger charge is 2.27. The van der Waals surface area contributed by atoms with E-state index in [1.807, 2.05) is 17.5 Å². The first kappa shape index (κ1) is 19.6. The maximum Gasteiger partial charge on any atom is 0.346 e. The fourth-order valence-electron chi connectivity index (χ4n) is 2.60. The number of urea groups is 1. The van der Waals surface area contributed by atoms with Gasteiger partial charge in [0.1, 0.15) is 5.37 Å². The van der Waals surface area contributed by atoms with E-state index in [1.54, 1.807) is 48.9 Å². The molecule has 0 aliphatic carbocycles. The van der Waals surface area contributed by atoms with Crippen LogP contribution in [0.2, 0.25) is 0 Å². The average Bonchev–Trinajstić information content (AvgIpc) is 3.21. The van der Waals surface area contributed by atoms with Gasteiger partial charge in [-0.25, -0.2) is 10.3 Å². The fourth-order valence-corrected chi connectivity index (χ4v) is 3.57. The molecule has 8 nitrogen and oxygen atoms in total. The molecule has 144 valence electrons. The average molecular weight is 398 g/mol. The van der Waals surface area contributed by atoms with Gasteiger partial charge in [0.15, 0.2) is 0 Å². The predicted octanol–water partition coefficient (Wildman–Crippen LogP) is 3.95. The quantitative estimate of drug-likeness (QED) is 0.328. The number of pyridine rings is 1. The van der Waals surface area contributed by atoms with Crippen molar-refractivity contribution >= 4 is 23.5 Å². The van der Waals surface area contributed by atoms with Crippen LogP contribution in [0, 0.1) is 10.1 Å². The van der Waals surface area contributed by atoms with Crippen molar-refractivity contribution in [1.29, 1.82) is 0 Å². The minimum atomic E-state index is -0.402. The van der Waals surface area contributed by atoms with Crippen LogP contribution in [0.1, 0.15) is 16.5 Å². The van der Waals surface area contributed by atoms with Crippen molar-refractivity contribution in [1.82, 2.24) is 15.4 Å². The molecule has 9 heteroatoms. The highest BCUT2D eigenvalue weighted by Crippen LogP contribution is 2.38. The molecule has 0 fully saturated rings. The van der Waals surface area contributed by atoms with Crippen molar-refractivity contribution in [3.63, 3.8) is 0 Å². The summed E-state index contributed by atoms with van der Waals surface area (Å²) in [6.45, 7) is 0.150. The van der Waals surface area contributed by atoms with Crippen molar-refractivity contribution in [3.05, 3.63) is 93.8 Å². The summed E-state index contributed by atoms with van der Waals surface area (Å²) >= 11 is 1.51. The first-order chi connectivity index (χ1) is 13.7. The zero-order valence-corrected chi connectivity index (χ0v) is 15.6. The van der Waals surface area contributed by atoms with Crippen LogP contribution >= 0.6 is 11.8 Å². The van der Waals surface area contributed by atoms with Gasteiger partial charge in [0.2, 0.25) is 0 Å². The first-order valence-electron chi connectivity index (χ1n) is 8.46. The number of rotatable bonds is 7. The van der Waals surface area contributed by atoms with Crippen LogP contribution in [0.4, 0.5) is 10.5 Å². The maximum absolute atomic E-state index is 12.3. The second-order valence-electron chi connectivity index (χ2n) is 5.74. The Morgan fingerprint density at radius 1 is 1.29 bits per heavy atom. The molecular formula is C19H18N4O4S. The number of carbonyl (C=O) groups excluding carboxylic acids is 1. The Morgan fingerprint density at radius 2 is 2.07 bits per heavy atom. The molecule has 0 spiro atoms. The molecule has 3 rings (SSSR count). The summed E-state index contributed by atoms with van der Waals surface area (Å²) in [6.07, 6.45) is 8.93. The Kier molecular flexibility index (Phi) is 6.77. The highest BCUT2D eigenvalue weighted by molar-refractivity contribution is 8.02. The topological polar surface area (TPSA) is 97.6 Å². The molecule has 28 heavy (non-hydrogen) atoms. The number of thioether (sulfide) groups is 1. The Hall–Kier alpha value is -3.17. The third kappa shape index (κ3) is 4.96. The third-order valence-electron chi connectivity index (χ3n) is 3.94. The second kappa shape index (κ2) is 9.67. The Labute approximate surface area is 166 Å². The van der Waals surface area contributed by atoms with Gasteiger partial charge < -0.3 is 0 Å². The monoisotopic (exact) mass is 398 g/mol. The number of allylic oxidation sites excluding steroid dienone is 1. The Balaban J connectivity index is 1.45. The van der Waals surface area contributed by atoms with Crippen LogP contribution < -0.4 is 5.48 Å². The van der Waals surface area contributed by atoms with E-state index in [0.717, 1.165) is 5.56 Å². The molecule has 0 saturated carbocycles. The lowest BCUT2D eigenvalue weighted by Crippen LogP contribution is -2.36. The second-order valence-corrected chi connectivity index (χ2v) is 6.73. The number of nitrogens with one attached hydrogen (secondary N) is 1. The first-order valence-corrected chi connectivity index (χ1v) is 9.40. The Bertz CT molecular complexity index is 889. The minimum absolute atomic E-state index is 0.0850. The van der Waals surface area contributed by atoms with Gasteiger partial charge in [-0.2, -0.15) is 0 Å². The van der Waals surface area contributed by atoms with E-state index in [2.05, 4.69) is 10.5 Å². The number of nitrogens with zero attached hydrogens (tertiary/aromatic N) is 3. The molecule has 0 radical (unpaired) electrons. The zero-order valence-electron chi connectivity index (χ0n) is 14.8. The molecule has 1 atom stereocenters. The van der Waals surface area contributed by atoms with Gasteiger partial charge in [-0.1, -0.05) is 30.4 Å². The lowest BCUT2D eigenvalue weighted by atomic mass is 10.1. The summed E-state index contributed by atoms with van der Waals surface area (Å²) < 4.78 is 0. The molecule has 2 amide bonds. The van der Waals surface area contributed by atoms with Gasteiger partial charge >= 0.3 is 6.03 Å². The van der Waals surface area contributed by atoms with E-state index < -0.39 is 4.92 Å². The number of hydrogen-bond donors (Lipinski definition) is 1. The molecule has 1 aliphatic heterocycles. The normalized spacial score (nSPS) is 15.9. The van der Waals surface area contributed by atoms with E-state index in [-0.39, 0.29) is 23.7 Å². The van der Waals surface area contributed by atoms with Gasteiger partial charge in [-0.3, -0.25) is 24.8 Å². The highest BCUT2D eigenvalue weighted by atomic mass is 32.2. The Morgan fingerprint density at radius 3 is 2.86 bits per heavy atom. The summed E-state index contributed by atoms with van der Waals surface area (Å²) in [5, 5.41) is 12.7. The summed E-state index contributed by atoms with van der Waals surface area (Å²) in [4.78, 5) is 33.6. The van der Waals surface area contributed by atoms with Crippen molar-refractivity contribution in [3.8, 4) is 0 Å². The maximum atomic E-state index is 12.3. The SMILES string of the molecule is O=C(NOCC=CCc1ccccc1[N+](=O)[O-])N1C=CSC1c1ccncc1. The summed E-state index contributed by atoms with van der Waals surface area (Å²) in [6, 6.07) is 9.91. The molecule has 1 unspecified atom stereocenters. The molecule has 1 aromatic carbocycles. The molecular weight excluding hydrogens is 380 g/mol. The van der Waals surface area contributed by atoms with Crippen LogP contribution in [-0.4, -0.2) is 27.4 Å². The molecule has 0 bridgehead atoms. The largest absolute Gasteiger partial charge is 0.346 e. The van der Waals surface area contributed by atoms with Gasteiger partial charge in [0.25, 0.3) is 5.69 Å². The molecule has 1 N–H and O–H groups in total. The van der Waals surface area contributed by atoms with Gasteiger partial charge in [0.05, 0.1) is 11.5 Å². The van der Waals surface area contributed by atoms with Crippen molar-refractivity contribution < 1.29 is 14.6 Å². The number of nitro groups is 1. The van der Waals surface area contributed by atoms with Gasteiger partial charge in [0, 0.05) is 30.2 Å². The number of carbonyl (C=O) groups is 1. The zero-order chi connectivity index (χ0) is 19.8. The molecule has 1 aromatic heterocycles. The van der Waals surface area contributed by atoms with Gasteiger partial charge in [-0.05, 0) is 29.5 Å². The van der Waals surface area contributed by atoms with Crippen LogP contribution in [0.3, 0.4) is 0 Å². The smallest absolute Gasteiger partial charge is 0.282 e. The molecule has 0 saturated heterocycles. The summed E-state index contributed by atoms with van der Waals surface area (Å²) in [5.74, 6) is 0. The van der Waals surface area contributed by atoms with Gasteiger partial charge in [-0.15, -0.1) is 11.8 Å². The minimum Gasteiger partial charge on any atom is -0.282 e. The molecule has 2 aromatic rings. The fraction of sp³-hybridized carbons (Fsp3) is 0.158. The number of para-hydroxylation sites is 1. The van der Waals surface area contributed by atoms with Crippen LogP contribution in [-0.2, 0) is 11.3 Å². The molecule has 2 heterocycles. The number of nitro benzene ring substituents is 1. The van der Waals surface area contributed by atoms with E-state index in [1.165, 1.54) is 22.7 Å². The van der Waals surface area contributed by atoms with Crippen molar-refractivity contribution in [2.75, 3.05) is 6.61 Å². The lowest BCUT2D eigenvalue weighted by molar-refractivity contribution is -0.385. The number of amides is 2. The van der Waals surface area contributed by atoms with Crippen molar-refractivity contribution in [2.45, 2.75) is 11.8 Å². The van der Waals surface area contributed by atoms with E-state index in [9.17, 15) is 14.9 Å². The number of hydroxylamine groups is 1. The van der Waals surface area contributed by atoms with Crippen molar-refractivity contribution in [2.24, 2.45) is 0 Å². The molecule has 1 aliphatic rings. The third-order valence-corrected chi connectivity index (χ3v) is 4.98. The van der Waals surface area contributed by atoms with Crippen LogP contribution in [0.15, 0.2) is 72.6 Å². The van der Waals surface area contributed by atoms with Crippen LogP contribution in [0.25, 0.3) is 0 Å².